The van der Waals surface area contributed by atoms with Gasteiger partial charge in [-0.15, -0.1) is 12.4 Å². The Labute approximate surface area is 183 Å². The predicted molar refractivity (Wildman–Crippen MR) is 118 cm³/mol. The normalized spacial score (nSPS) is 22.8. The van der Waals surface area contributed by atoms with Crippen LogP contribution in [0.3, 0.4) is 0 Å². The lowest BCUT2D eigenvalue weighted by Gasteiger charge is -2.22. The molecule has 2 saturated heterocycles. The third-order valence-corrected chi connectivity index (χ3v) is 7.14. The maximum Gasteiger partial charge on any atom is 0.311 e. The van der Waals surface area contributed by atoms with E-state index in [1.165, 1.54) is 5.56 Å². The van der Waals surface area contributed by atoms with Gasteiger partial charge in [0.25, 0.3) is 5.91 Å². The molecule has 1 atom stereocenters. The van der Waals surface area contributed by atoms with E-state index in [0.29, 0.717) is 31.2 Å². The summed E-state index contributed by atoms with van der Waals surface area (Å²) in [6.07, 6.45) is 6.39. The Morgan fingerprint density at radius 2 is 2.00 bits per heavy atom. The largest absolute Gasteiger partial charge is 0.466 e. The van der Waals surface area contributed by atoms with E-state index in [2.05, 4.69) is 16.5 Å². The van der Waals surface area contributed by atoms with Crippen molar-refractivity contribution >= 4 is 35.2 Å². The third kappa shape index (κ3) is 3.60. The molecule has 3 fully saturated rings. The number of rotatable bonds is 4. The molecule has 1 amide bonds. The first-order valence-corrected chi connectivity index (χ1v) is 10.9. The topological polar surface area (TPSA) is 74.4 Å². The van der Waals surface area contributed by atoms with E-state index in [0.717, 1.165) is 49.7 Å². The van der Waals surface area contributed by atoms with Crippen molar-refractivity contribution in [3.63, 3.8) is 0 Å². The van der Waals surface area contributed by atoms with Gasteiger partial charge in [-0.05, 0) is 75.4 Å². The number of carbonyl (C=O) groups is 2. The zero-order chi connectivity index (χ0) is 20.0. The summed E-state index contributed by atoms with van der Waals surface area (Å²) in [4.78, 5) is 30.9. The minimum Gasteiger partial charge on any atom is -0.466 e. The highest BCUT2D eigenvalue weighted by molar-refractivity contribution is 5.99. The fraction of sp³-hybridized carbons (Fsp3) is 0.565. The first kappa shape index (κ1) is 21.2. The number of likely N-dealkylation sites (tertiary alicyclic amines) is 1. The van der Waals surface area contributed by atoms with Crippen LogP contribution in [0.2, 0.25) is 0 Å². The van der Waals surface area contributed by atoms with Crippen LogP contribution in [0.15, 0.2) is 24.4 Å². The van der Waals surface area contributed by atoms with Crippen LogP contribution >= 0.6 is 12.4 Å². The molecule has 1 aliphatic carbocycles. The van der Waals surface area contributed by atoms with Crippen molar-refractivity contribution in [2.45, 2.75) is 38.5 Å². The van der Waals surface area contributed by atoms with Gasteiger partial charge in [-0.3, -0.25) is 9.59 Å². The van der Waals surface area contributed by atoms with Crippen molar-refractivity contribution in [2.75, 3.05) is 32.8 Å². The minimum atomic E-state index is -0.173. The van der Waals surface area contributed by atoms with E-state index in [9.17, 15) is 9.59 Å². The van der Waals surface area contributed by atoms with Crippen LogP contribution in [0, 0.1) is 11.3 Å². The Morgan fingerprint density at radius 1 is 1.23 bits per heavy atom. The summed E-state index contributed by atoms with van der Waals surface area (Å²) < 4.78 is 5.28. The maximum absolute atomic E-state index is 13.3. The minimum absolute atomic E-state index is 0. The highest BCUT2D eigenvalue weighted by atomic mass is 35.5. The fourth-order valence-electron chi connectivity index (χ4n) is 5.29. The molecule has 6 nitrogen and oxygen atoms in total. The van der Waals surface area contributed by atoms with Crippen LogP contribution in [0.1, 0.15) is 54.4 Å². The van der Waals surface area contributed by atoms with Crippen molar-refractivity contribution in [3.05, 3.63) is 35.5 Å². The molecule has 30 heavy (non-hydrogen) atoms. The number of ether oxygens (including phenoxy) is 1. The summed E-state index contributed by atoms with van der Waals surface area (Å²) in [5.41, 5.74) is 3.08. The number of halogens is 1. The number of hydrogen-bond donors (Lipinski definition) is 2. The molecule has 1 unspecified atom stereocenters. The number of hydrogen-bond acceptors (Lipinski definition) is 4. The van der Waals surface area contributed by atoms with Crippen LogP contribution in [0.5, 0.6) is 0 Å². The second kappa shape index (κ2) is 8.23. The van der Waals surface area contributed by atoms with Crippen molar-refractivity contribution < 1.29 is 14.3 Å². The molecular weight excluding hydrogens is 402 g/mol. The molecule has 3 aliphatic rings. The molecule has 0 radical (unpaired) electrons. The summed E-state index contributed by atoms with van der Waals surface area (Å²) in [6, 6.07) is 5.96. The predicted octanol–water partition coefficient (Wildman–Crippen LogP) is 3.47. The van der Waals surface area contributed by atoms with Gasteiger partial charge in [0.05, 0.1) is 12.5 Å². The van der Waals surface area contributed by atoms with E-state index >= 15 is 0 Å². The summed E-state index contributed by atoms with van der Waals surface area (Å²) in [7, 11) is 0. The summed E-state index contributed by atoms with van der Waals surface area (Å²) in [5, 5.41) is 4.58. The van der Waals surface area contributed by atoms with Crippen LogP contribution < -0.4 is 5.32 Å². The third-order valence-electron chi connectivity index (χ3n) is 7.14. The molecule has 5 rings (SSSR count). The van der Waals surface area contributed by atoms with Crippen molar-refractivity contribution in [3.8, 4) is 0 Å². The number of aromatic amines is 1. The average Bonchev–Trinajstić information content (AvgIpc) is 3.22. The Hall–Kier alpha value is -2.05. The van der Waals surface area contributed by atoms with Gasteiger partial charge in [-0.25, -0.2) is 0 Å². The molecule has 2 N–H and O–H groups in total. The number of fused-ring (bicyclic) bond motifs is 1. The van der Waals surface area contributed by atoms with Crippen molar-refractivity contribution in [1.29, 1.82) is 0 Å². The van der Waals surface area contributed by atoms with E-state index in [1.54, 1.807) is 0 Å². The highest BCUT2D eigenvalue weighted by Crippen LogP contribution is 2.56. The molecular formula is C23H30ClN3O3. The average molecular weight is 432 g/mol. The van der Waals surface area contributed by atoms with Crippen molar-refractivity contribution in [1.82, 2.24) is 15.2 Å². The SMILES string of the molecule is CCOC(=O)C1CN(C(=O)c2ccc3[nH]cc(C4CCNCC4)c3c2)CC12CC2.Cl. The summed E-state index contributed by atoms with van der Waals surface area (Å²) in [5.74, 6) is 0.245. The van der Waals surface area contributed by atoms with Gasteiger partial charge < -0.3 is 19.9 Å². The van der Waals surface area contributed by atoms with E-state index in [4.69, 9.17) is 4.74 Å². The van der Waals surface area contributed by atoms with E-state index < -0.39 is 0 Å². The highest BCUT2D eigenvalue weighted by Gasteiger charge is 2.59. The Kier molecular flexibility index (Phi) is 5.82. The smallest absolute Gasteiger partial charge is 0.311 e. The number of aromatic nitrogens is 1. The Bertz CT molecular complexity index is 946. The zero-order valence-electron chi connectivity index (χ0n) is 17.4. The number of amides is 1. The van der Waals surface area contributed by atoms with Crippen LogP contribution in [0.4, 0.5) is 0 Å². The van der Waals surface area contributed by atoms with Gasteiger partial charge in [0.15, 0.2) is 0 Å². The van der Waals surface area contributed by atoms with Crippen molar-refractivity contribution in [2.24, 2.45) is 11.3 Å². The zero-order valence-corrected chi connectivity index (χ0v) is 18.2. The molecule has 3 heterocycles. The van der Waals surface area contributed by atoms with E-state index in [-0.39, 0.29) is 35.6 Å². The second-order valence-electron chi connectivity index (χ2n) is 8.88. The Morgan fingerprint density at radius 3 is 2.70 bits per heavy atom. The summed E-state index contributed by atoms with van der Waals surface area (Å²) in [6.45, 7) is 5.46. The van der Waals surface area contributed by atoms with Gasteiger partial charge >= 0.3 is 5.97 Å². The molecule has 2 aromatic rings. The first-order valence-electron chi connectivity index (χ1n) is 10.9. The second-order valence-corrected chi connectivity index (χ2v) is 8.88. The number of nitrogens with one attached hydrogen (secondary N) is 2. The standard InChI is InChI=1S/C23H29N3O3.ClH/c1-2-29-22(28)19-13-26(14-23(19)7-8-23)21(27)16-3-4-20-17(11-16)18(12-25-20)15-5-9-24-10-6-15;/h3-4,11-12,15,19,24-25H,2,5-10,13-14H2,1H3;1H. The van der Waals surface area contributed by atoms with Gasteiger partial charge in [0, 0.05) is 41.2 Å². The molecule has 0 bridgehead atoms. The quantitative estimate of drug-likeness (QED) is 0.727. The lowest BCUT2D eigenvalue weighted by Crippen LogP contribution is -2.30. The number of carbonyl (C=O) groups excluding carboxylic acids is 2. The number of benzene rings is 1. The lowest BCUT2D eigenvalue weighted by atomic mass is 9.89. The lowest BCUT2D eigenvalue weighted by molar-refractivity contribution is -0.149. The van der Waals surface area contributed by atoms with E-state index in [1.807, 2.05) is 30.0 Å². The fourth-order valence-corrected chi connectivity index (χ4v) is 5.29. The van der Waals surface area contributed by atoms with Crippen LogP contribution in [-0.2, 0) is 9.53 Å². The van der Waals surface area contributed by atoms with Crippen LogP contribution in [-0.4, -0.2) is 54.5 Å². The number of esters is 1. The maximum atomic E-state index is 13.3. The van der Waals surface area contributed by atoms with Gasteiger partial charge in [-0.1, -0.05) is 0 Å². The number of piperidine rings is 1. The summed E-state index contributed by atoms with van der Waals surface area (Å²) >= 11 is 0. The van der Waals surface area contributed by atoms with Crippen LogP contribution in [0.25, 0.3) is 10.9 Å². The van der Waals surface area contributed by atoms with Gasteiger partial charge in [0.2, 0.25) is 0 Å². The first-order chi connectivity index (χ1) is 14.1. The van der Waals surface area contributed by atoms with Gasteiger partial charge in [0.1, 0.15) is 0 Å². The molecule has 1 spiro atoms. The molecule has 1 aromatic heterocycles. The molecule has 2 aliphatic heterocycles. The monoisotopic (exact) mass is 431 g/mol. The molecule has 1 aromatic carbocycles. The number of nitrogens with zero attached hydrogens (tertiary/aromatic N) is 1. The number of H-pyrrole nitrogens is 1. The molecule has 162 valence electrons. The van der Waals surface area contributed by atoms with Gasteiger partial charge in [-0.2, -0.15) is 0 Å². The Balaban J connectivity index is 0.00000218. The molecule has 7 heteroatoms. The molecule has 1 saturated carbocycles.